The molecule has 1 aliphatic rings. The molecular formula is C17H15NO2. The minimum absolute atomic E-state index is 0.288. The van der Waals surface area contributed by atoms with Crippen molar-refractivity contribution in [1.82, 2.24) is 0 Å². The smallest absolute Gasteiger partial charge is 0.309 e. The van der Waals surface area contributed by atoms with Crippen LogP contribution in [0.1, 0.15) is 23.6 Å². The van der Waals surface area contributed by atoms with Crippen molar-refractivity contribution in [3.8, 4) is 0 Å². The number of carbonyl (C=O) groups is 1. The van der Waals surface area contributed by atoms with Gasteiger partial charge in [-0.05, 0) is 11.1 Å². The first-order valence-electron chi connectivity index (χ1n) is 6.65. The molecule has 0 spiro atoms. The number of hydrogen-bond acceptors (Lipinski definition) is 2. The molecule has 2 unspecified atom stereocenters. The average Bonchev–Trinajstić information content (AvgIpc) is 2.94. The SMILES string of the molecule is O=C(O)C1CC(c2ccccc2)=NC1c1ccccc1. The highest BCUT2D eigenvalue weighted by Gasteiger charge is 2.35. The van der Waals surface area contributed by atoms with E-state index < -0.39 is 11.9 Å². The van der Waals surface area contributed by atoms with Crippen LogP contribution in [0.3, 0.4) is 0 Å². The van der Waals surface area contributed by atoms with E-state index in [9.17, 15) is 9.90 Å². The third-order valence-electron chi connectivity index (χ3n) is 3.65. The minimum atomic E-state index is -0.784. The summed E-state index contributed by atoms with van der Waals surface area (Å²) in [5.74, 6) is -1.26. The fourth-order valence-electron chi connectivity index (χ4n) is 2.63. The second-order valence-electron chi connectivity index (χ2n) is 4.95. The van der Waals surface area contributed by atoms with Gasteiger partial charge in [-0.15, -0.1) is 0 Å². The highest BCUT2D eigenvalue weighted by molar-refractivity contribution is 6.04. The highest BCUT2D eigenvalue weighted by Crippen LogP contribution is 2.36. The van der Waals surface area contributed by atoms with E-state index in [0.717, 1.165) is 16.8 Å². The Morgan fingerprint density at radius 2 is 1.60 bits per heavy atom. The lowest BCUT2D eigenvalue weighted by atomic mass is 9.92. The van der Waals surface area contributed by atoms with Gasteiger partial charge in [-0.1, -0.05) is 60.7 Å². The van der Waals surface area contributed by atoms with Crippen molar-refractivity contribution < 1.29 is 9.90 Å². The molecule has 2 aromatic carbocycles. The van der Waals surface area contributed by atoms with Gasteiger partial charge in [0.15, 0.2) is 0 Å². The predicted octanol–water partition coefficient (Wildman–Crippen LogP) is 3.32. The Hall–Kier alpha value is -2.42. The van der Waals surface area contributed by atoms with E-state index in [-0.39, 0.29) is 6.04 Å². The summed E-state index contributed by atoms with van der Waals surface area (Å²) in [5.41, 5.74) is 2.86. The summed E-state index contributed by atoms with van der Waals surface area (Å²) in [6.45, 7) is 0. The first kappa shape index (κ1) is 12.6. The van der Waals surface area contributed by atoms with E-state index in [1.165, 1.54) is 0 Å². The van der Waals surface area contributed by atoms with E-state index in [1.807, 2.05) is 60.7 Å². The highest BCUT2D eigenvalue weighted by atomic mass is 16.4. The van der Waals surface area contributed by atoms with Crippen LogP contribution in [0.2, 0.25) is 0 Å². The molecule has 0 saturated heterocycles. The average molecular weight is 265 g/mol. The Labute approximate surface area is 117 Å². The van der Waals surface area contributed by atoms with Crippen molar-refractivity contribution >= 4 is 11.7 Å². The number of carboxylic acid groups (broad SMARTS) is 1. The predicted molar refractivity (Wildman–Crippen MR) is 77.9 cm³/mol. The third kappa shape index (κ3) is 2.35. The lowest BCUT2D eigenvalue weighted by Crippen LogP contribution is -2.18. The van der Waals surface area contributed by atoms with Crippen LogP contribution in [0.4, 0.5) is 0 Å². The van der Waals surface area contributed by atoms with Gasteiger partial charge < -0.3 is 5.11 Å². The normalized spacial score (nSPS) is 21.5. The summed E-state index contributed by atoms with van der Waals surface area (Å²) in [5, 5.41) is 9.44. The Morgan fingerprint density at radius 3 is 2.20 bits per heavy atom. The van der Waals surface area contributed by atoms with Gasteiger partial charge in [0.05, 0.1) is 12.0 Å². The molecule has 1 N–H and O–H groups in total. The van der Waals surface area contributed by atoms with E-state index in [4.69, 9.17) is 0 Å². The van der Waals surface area contributed by atoms with E-state index in [2.05, 4.69) is 4.99 Å². The first-order valence-corrected chi connectivity index (χ1v) is 6.65. The summed E-state index contributed by atoms with van der Waals surface area (Å²) in [7, 11) is 0. The summed E-state index contributed by atoms with van der Waals surface area (Å²) < 4.78 is 0. The van der Waals surface area contributed by atoms with E-state index in [0.29, 0.717) is 6.42 Å². The maximum absolute atomic E-state index is 11.5. The maximum Gasteiger partial charge on any atom is 0.309 e. The number of rotatable bonds is 3. The number of nitrogens with zero attached hydrogens (tertiary/aromatic N) is 1. The Bertz CT molecular complexity index is 635. The van der Waals surface area contributed by atoms with Crippen LogP contribution >= 0.6 is 0 Å². The molecule has 0 amide bonds. The minimum Gasteiger partial charge on any atom is -0.481 e. The van der Waals surface area contributed by atoms with Crippen LogP contribution < -0.4 is 0 Å². The number of aliphatic carboxylic acids is 1. The van der Waals surface area contributed by atoms with Crippen molar-refractivity contribution in [3.63, 3.8) is 0 Å². The molecule has 0 bridgehead atoms. The number of aliphatic imine (C=N–C) groups is 1. The summed E-state index contributed by atoms with van der Waals surface area (Å²) in [6, 6.07) is 19.2. The van der Waals surface area contributed by atoms with Crippen LogP contribution in [0, 0.1) is 5.92 Å². The van der Waals surface area contributed by atoms with E-state index in [1.54, 1.807) is 0 Å². The molecule has 2 aromatic rings. The van der Waals surface area contributed by atoms with Crippen molar-refractivity contribution in [2.75, 3.05) is 0 Å². The largest absolute Gasteiger partial charge is 0.481 e. The molecule has 3 rings (SSSR count). The fourth-order valence-corrected chi connectivity index (χ4v) is 2.63. The van der Waals surface area contributed by atoms with Gasteiger partial charge in [0, 0.05) is 12.1 Å². The zero-order valence-electron chi connectivity index (χ0n) is 10.9. The number of hydrogen-bond donors (Lipinski definition) is 1. The zero-order chi connectivity index (χ0) is 13.9. The molecule has 2 atom stereocenters. The molecule has 20 heavy (non-hydrogen) atoms. The molecule has 1 heterocycles. The molecular weight excluding hydrogens is 250 g/mol. The van der Waals surface area contributed by atoms with Gasteiger partial charge in [0.2, 0.25) is 0 Å². The Balaban J connectivity index is 1.98. The van der Waals surface area contributed by atoms with Crippen LogP contribution in [0.25, 0.3) is 0 Å². The molecule has 3 nitrogen and oxygen atoms in total. The van der Waals surface area contributed by atoms with Crippen LogP contribution in [-0.4, -0.2) is 16.8 Å². The quantitative estimate of drug-likeness (QED) is 0.925. The summed E-state index contributed by atoms with van der Waals surface area (Å²) >= 11 is 0. The van der Waals surface area contributed by atoms with Gasteiger partial charge in [0.25, 0.3) is 0 Å². The molecule has 0 fully saturated rings. The second-order valence-corrected chi connectivity index (χ2v) is 4.95. The second kappa shape index (κ2) is 5.29. The third-order valence-corrected chi connectivity index (χ3v) is 3.65. The molecule has 1 aliphatic heterocycles. The van der Waals surface area contributed by atoms with Gasteiger partial charge in [-0.3, -0.25) is 9.79 Å². The monoisotopic (exact) mass is 265 g/mol. The van der Waals surface area contributed by atoms with Gasteiger partial charge in [-0.25, -0.2) is 0 Å². The molecule has 3 heteroatoms. The molecule has 0 aliphatic carbocycles. The number of carboxylic acids is 1. The molecule has 0 saturated carbocycles. The van der Waals surface area contributed by atoms with Crippen molar-refractivity contribution in [2.24, 2.45) is 10.9 Å². The van der Waals surface area contributed by atoms with Crippen molar-refractivity contribution in [2.45, 2.75) is 12.5 Å². The zero-order valence-corrected chi connectivity index (χ0v) is 10.9. The fraction of sp³-hybridized carbons (Fsp3) is 0.176. The molecule has 100 valence electrons. The lowest BCUT2D eigenvalue weighted by molar-refractivity contribution is -0.141. The Kier molecular flexibility index (Phi) is 3.33. The van der Waals surface area contributed by atoms with Crippen LogP contribution in [-0.2, 0) is 4.79 Å². The lowest BCUT2D eigenvalue weighted by Gasteiger charge is -2.13. The standard InChI is InChI=1S/C17H15NO2/c19-17(20)14-11-15(12-7-3-1-4-8-12)18-16(14)13-9-5-2-6-10-13/h1-10,14,16H,11H2,(H,19,20). The maximum atomic E-state index is 11.5. The van der Waals surface area contributed by atoms with Gasteiger partial charge in [0.1, 0.15) is 0 Å². The van der Waals surface area contributed by atoms with Crippen molar-refractivity contribution in [1.29, 1.82) is 0 Å². The van der Waals surface area contributed by atoms with Gasteiger partial charge in [-0.2, -0.15) is 0 Å². The van der Waals surface area contributed by atoms with Gasteiger partial charge >= 0.3 is 5.97 Å². The van der Waals surface area contributed by atoms with E-state index >= 15 is 0 Å². The van der Waals surface area contributed by atoms with Crippen LogP contribution in [0.15, 0.2) is 65.7 Å². The molecule has 0 aromatic heterocycles. The topological polar surface area (TPSA) is 49.7 Å². The summed E-state index contributed by atoms with van der Waals surface area (Å²) in [6.07, 6.45) is 0.485. The first-order chi connectivity index (χ1) is 9.75. The molecule has 0 radical (unpaired) electrons. The summed E-state index contributed by atoms with van der Waals surface area (Å²) in [4.78, 5) is 16.2. The number of benzene rings is 2. The Morgan fingerprint density at radius 1 is 1.00 bits per heavy atom. The van der Waals surface area contributed by atoms with Crippen LogP contribution in [0.5, 0.6) is 0 Å². The van der Waals surface area contributed by atoms with Crippen molar-refractivity contribution in [3.05, 3.63) is 71.8 Å².